The van der Waals surface area contributed by atoms with E-state index in [0.29, 0.717) is 17.9 Å². The summed E-state index contributed by atoms with van der Waals surface area (Å²) in [7, 11) is 0. The Morgan fingerprint density at radius 1 is 1.50 bits per heavy atom. The number of ether oxygens (including phenoxy) is 1. The molecule has 7 heteroatoms. The van der Waals surface area contributed by atoms with Crippen LogP contribution in [0.5, 0.6) is 0 Å². The molecule has 108 valence electrons. The van der Waals surface area contributed by atoms with Crippen LogP contribution in [0.1, 0.15) is 18.2 Å². The summed E-state index contributed by atoms with van der Waals surface area (Å²) in [6, 6.07) is 2.42. The van der Waals surface area contributed by atoms with Gasteiger partial charge >= 0.3 is 0 Å². The number of thiophene rings is 1. The molecule has 1 aliphatic rings. The number of fused-ring (bicyclic) bond motifs is 1. The molecule has 4 N–H and O–H groups in total. The summed E-state index contributed by atoms with van der Waals surface area (Å²) in [5.74, 6) is 7.25. The molecule has 0 saturated carbocycles. The highest BCUT2D eigenvalue weighted by Crippen LogP contribution is 2.30. The number of nitrogens with one attached hydrogen (secondary N) is 2. The van der Waals surface area contributed by atoms with E-state index in [1.807, 2.05) is 0 Å². The van der Waals surface area contributed by atoms with Crippen molar-refractivity contribution in [2.45, 2.75) is 26.3 Å². The van der Waals surface area contributed by atoms with E-state index >= 15 is 0 Å². The van der Waals surface area contributed by atoms with E-state index in [0.717, 1.165) is 35.7 Å². The van der Waals surface area contributed by atoms with Gasteiger partial charge in [-0.2, -0.15) is 4.98 Å². The van der Waals surface area contributed by atoms with Crippen molar-refractivity contribution in [2.24, 2.45) is 11.8 Å². The summed E-state index contributed by atoms with van der Waals surface area (Å²) in [5.41, 5.74) is 2.53. The Hall–Kier alpha value is -1.44. The van der Waals surface area contributed by atoms with Crippen molar-refractivity contribution < 1.29 is 4.74 Å². The van der Waals surface area contributed by atoms with Gasteiger partial charge in [0.2, 0.25) is 5.95 Å². The summed E-state index contributed by atoms with van der Waals surface area (Å²) >= 11 is 1.64. The van der Waals surface area contributed by atoms with Crippen molar-refractivity contribution in [3.05, 3.63) is 10.9 Å². The number of nitrogen functional groups attached to an aromatic ring is 1. The van der Waals surface area contributed by atoms with Gasteiger partial charge in [-0.1, -0.05) is 0 Å². The Morgan fingerprint density at radius 3 is 3.05 bits per heavy atom. The number of anilines is 2. The van der Waals surface area contributed by atoms with E-state index in [1.165, 1.54) is 4.88 Å². The minimum absolute atomic E-state index is 0.307. The lowest BCUT2D eigenvalue weighted by Crippen LogP contribution is -2.27. The van der Waals surface area contributed by atoms with Gasteiger partial charge in [0.15, 0.2) is 0 Å². The SMILES string of the molecule is Cc1cc2c(NC(C)C3CCOC3)nc(NN)nc2s1. The second-order valence-corrected chi connectivity index (χ2v) is 6.41. The highest BCUT2D eigenvalue weighted by Gasteiger charge is 2.23. The van der Waals surface area contributed by atoms with Crippen molar-refractivity contribution >= 4 is 33.3 Å². The second kappa shape index (κ2) is 5.51. The number of aryl methyl sites for hydroxylation is 1. The monoisotopic (exact) mass is 293 g/mol. The third kappa shape index (κ3) is 2.56. The van der Waals surface area contributed by atoms with Crippen LogP contribution in [0.3, 0.4) is 0 Å². The Bertz CT molecular complexity index is 608. The number of hydrogen-bond donors (Lipinski definition) is 3. The predicted octanol–water partition coefficient (Wildman–Crippen LogP) is 2.12. The molecule has 2 atom stereocenters. The maximum atomic E-state index is 5.45. The lowest BCUT2D eigenvalue weighted by atomic mass is 10.0. The van der Waals surface area contributed by atoms with Crippen molar-refractivity contribution in [3.8, 4) is 0 Å². The molecule has 2 aromatic heterocycles. The molecule has 20 heavy (non-hydrogen) atoms. The summed E-state index contributed by atoms with van der Waals surface area (Å²) in [4.78, 5) is 11.0. The maximum Gasteiger partial charge on any atom is 0.240 e. The quantitative estimate of drug-likeness (QED) is 0.591. The zero-order valence-electron chi connectivity index (χ0n) is 11.6. The second-order valence-electron chi connectivity index (χ2n) is 5.17. The fourth-order valence-corrected chi connectivity index (χ4v) is 3.38. The molecule has 3 rings (SSSR count). The number of nitrogens with zero attached hydrogens (tertiary/aromatic N) is 2. The van der Waals surface area contributed by atoms with Crippen LogP contribution in [0.2, 0.25) is 0 Å². The fraction of sp³-hybridized carbons (Fsp3) is 0.538. The largest absolute Gasteiger partial charge is 0.381 e. The van der Waals surface area contributed by atoms with Gasteiger partial charge in [0, 0.05) is 23.4 Å². The Morgan fingerprint density at radius 2 is 2.35 bits per heavy atom. The first-order valence-corrected chi connectivity index (χ1v) is 7.58. The van der Waals surface area contributed by atoms with Gasteiger partial charge in [-0.3, -0.25) is 5.43 Å². The lowest BCUT2D eigenvalue weighted by Gasteiger charge is -2.20. The van der Waals surface area contributed by atoms with Gasteiger partial charge in [0.1, 0.15) is 10.6 Å². The average Bonchev–Trinajstić information content (AvgIpc) is 3.06. The first-order valence-electron chi connectivity index (χ1n) is 6.76. The third-order valence-corrected chi connectivity index (χ3v) is 4.63. The van der Waals surface area contributed by atoms with Crippen molar-refractivity contribution in [1.82, 2.24) is 9.97 Å². The highest BCUT2D eigenvalue weighted by atomic mass is 32.1. The van der Waals surface area contributed by atoms with Crippen LogP contribution in [-0.4, -0.2) is 29.2 Å². The molecule has 3 heterocycles. The molecular formula is C13H19N5OS. The Kier molecular flexibility index (Phi) is 3.73. The number of rotatable bonds is 4. The first-order chi connectivity index (χ1) is 9.67. The smallest absolute Gasteiger partial charge is 0.240 e. The van der Waals surface area contributed by atoms with Crippen molar-refractivity contribution in [3.63, 3.8) is 0 Å². The summed E-state index contributed by atoms with van der Waals surface area (Å²) in [6.07, 6.45) is 1.09. The number of hydrogen-bond acceptors (Lipinski definition) is 7. The van der Waals surface area contributed by atoms with E-state index in [2.05, 4.69) is 40.6 Å². The van der Waals surface area contributed by atoms with E-state index in [1.54, 1.807) is 11.3 Å². The molecule has 0 aliphatic carbocycles. The van der Waals surface area contributed by atoms with Crippen LogP contribution >= 0.6 is 11.3 Å². The highest BCUT2D eigenvalue weighted by molar-refractivity contribution is 7.18. The fourth-order valence-electron chi connectivity index (χ4n) is 2.50. The molecule has 2 aromatic rings. The van der Waals surface area contributed by atoms with Crippen LogP contribution in [0, 0.1) is 12.8 Å². The minimum atomic E-state index is 0.307. The molecule has 1 fully saturated rings. The predicted molar refractivity (Wildman–Crippen MR) is 82.0 cm³/mol. The van der Waals surface area contributed by atoms with Gasteiger partial charge in [0.25, 0.3) is 0 Å². The van der Waals surface area contributed by atoms with Gasteiger partial charge in [-0.15, -0.1) is 11.3 Å². The Labute approximate surface area is 121 Å². The number of aromatic nitrogens is 2. The van der Waals surface area contributed by atoms with Crippen molar-refractivity contribution in [2.75, 3.05) is 24.0 Å². The van der Waals surface area contributed by atoms with Crippen LogP contribution < -0.4 is 16.6 Å². The van der Waals surface area contributed by atoms with E-state index in [4.69, 9.17) is 10.6 Å². The molecule has 2 unspecified atom stereocenters. The van der Waals surface area contributed by atoms with Gasteiger partial charge in [-0.05, 0) is 26.3 Å². The topological polar surface area (TPSA) is 85.1 Å². The molecular weight excluding hydrogens is 274 g/mol. The molecule has 0 radical (unpaired) electrons. The average molecular weight is 293 g/mol. The summed E-state index contributed by atoms with van der Waals surface area (Å²) in [5, 5.41) is 4.55. The standard InChI is InChI=1S/C13H19N5OS/c1-7-5-10-11(15-8(2)9-3-4-19-6-9)16-13(18-14)17-12(10)20-7/h5,8-9H,3-4,6,14H2,1-2H3,(H2,15,16,17,18). The van der Waals surface area contributed by atoms with Crippen LogP contribution in [0.15, 0.2) is 6.07 Å². The number of nitrogens with two attached hydrogens (primary N) is 1. The van der Waals surface area contributed by atoms with Crippen LogP contribution in [0.4, 0.5) is 11.8 Å². The summed E-state index contributed by atoms with van der Waals surface area (Å²) < 4.78 is 5.45. The Balaban J connectivity index is 1.92. The van der Waals surface area contributed by atoms with Gasteiger partial charge < -0.3 is 10.1 Å². The van der Waals surface area contributed by atoms with E-state index in [9.17, 15) is 0 Å². The third-order valence-electron chi connectivity index (χ3n) is 3.68. The minimum Gasteiger partial charge on any atom is -0.381 e. The zero-order valence-corrected chi connectivity index (χ0v) is 12.5. The molecule has 0 amide bonds. The molecule has 0 aromatic carbocycles. The number of hydrazine groups is 1. The molecule has 1 saturated heterocycles. The maximum absolute atomic E-state index is 5.45. The zero-order chi connectivity index (χ0) is 14.1. The molecule has 0 bridgehead atoms. The normalized spacial score (nSPS) is 20.2. The molecule has 0 spiro atoms. The molecule has 1 aliphatic heterocycles. The van der Waals surface area contributed by atoms with Crippen LogP contribution in [0.25, 0.3) is 10.2 Å². The van der Waals surface area contributed by atoms with E-state index < -0.39 is 0 Å². The van der Waals surface area contributed by atoms with Gasteiger partial charge in [0.05, 0.1) is 12.0 Å². The lowest BCUT2D eigenvalue weighted by molar-refractivity contribution is 0.183. The molecule has 6 nitrogen and oxygen atoms in total. The summed E-state index contributed by atoms with van der Waals surface area (Å²) in [6.45, 7) is 5.90. The van der Waals surface area contributed by atoms with E-state index in [-0.39, 0.29) is 0 Å². The van der Waals surface area contributed by atoms with Gasteiger partial charge in [-0.25, -0.2) is 10.8 Å². The first kappa shape index (κ1) is 13.5. The van der Waals surface area contributed by atoms with Crippen molar-refractivity contribution in [1.29, 1.82) is 0 Å². The van der Waals surface area contributed by atoms with Crippen LogP contribution in [-0.2, 0) is 4.74 Å².